The Balaban J connectivity index is 3.62. The molecule has 3 atom stereocenters. The second kappa shape index (κ2) is 11.3. The molecular weight excluding hydrogens is 236 g/mol. The number of carboxylic acid groups (broad SMARTS) is 1. The van der Waals surface area contributed by atoms with Crippen molar-refractivity contribution in [3.05, 3.63) is 0 Å². The van der Waals surface area contributed by atoms with Crippen molar-refractivity contribution in [3.63, 3.8) is 0 Å². The fourth-order valence-electron chi connectivity index (χ4n) is 3.07. The Morgan fingerprint density at radius 1 is 0.895 bits per heavy atom. The highest BCUT2D eigenvalue weighted by molar-refractivity contribution is 5.66. The van der Waals surface area contributed by atoms with Gasteiger partial charge in [-0.05, 0) is 30.6 Å². The summed E-state index contributed by atoms with van der Waals surface area (Å²) < 4.78 is 0. The van der Waals surface area contributed by atoms with Crippen molar-refractivity contribution in [2.45, 2.75) is 85.5 Å². The van der Waals surface area contributed by atoms with Gasteiger partial charge in [-0.1, -0.05) is 66.2 Å². The Hall–Kier alpha value is -0.530. The third kappa shape index (κ3) is 12.3. The van der Waals surface area contributed by atoms with Crippen LogP contribution in [0.15, 0.2) is 0 Å². The molecule has 114 valence electrons. The zero-order valence-electron chi connectivity index (χ0n) is 13.5. The summed E-state index contributed by atoms with van der Waals surface area (Å²) >= 11 is 0. The zero-order valence-corrected chi connectivity index (χ0v) is 13.5. The summed E-state index contributed by atoms with van der Waals surface area (Å²) in [6.07, 6.45) is 10.8. The number of rotatable bonds is 12. The monoisotopic (exact) mass is 270 g/mol. The highest BCUT2D eigenvalue weighted by Gasteiger charge is 2.14. The molecule has 0 aliphatic carbocycles. The summed E-state index contributed by atoms with van der Waals surface area (Å²) in [5.41, 5.74) is 0. The van der Waals surface area contributed by atoms with E-state index in [1.807, 2.05) is 0 Å². The van der Waals surface area contributed by atoms with Gasteiger partial charge in [0.25, 0.3) is 0 Å². The van der Waals surface area contributed by atoms with E-state index in [2.05, 4.69) is 27.7 Å². The molecule has 0 bridgehead atoms. The molecule has 0 amide bonds. The lowest BCUT2D eigenvalue weighted by atomic mass is 9.86. The van der Waals surface area contributed by atoms with E-state index in [0.717, 1.165) is 12.3 Å². The first-order valence-electron chi connectivity index (χ1n) is 8.17. The van der Waals surface area contributed by atoms with Gasteiger partial charge in [0, 0.05) is 6.42 Å². The molecule has 0 fully saturated rings. The standard InChI is InChI=1S/C17H34O2/c1-5-6-7-8-9-10-14(2)11-15(3)12-16(4)13-17(18)19/h14-16H,5-13H2,1-4H3,(H,18,19). The molecule has 0 aliphatic rings. The average Bonchev–Trinajstić information content (AvgIpc) is 2.26. The molecule has 0 aromatic rings. The van der Waals surface area contributed by atoms with Crippen LogP contribution in [0.2, 0.25) is 0 Å². The lowest BCUT2D eigenvalue weighted by Gasteiger charge is -2.20. The van der Waals surface area contributed by atoms with Crippen LogP contribution in [0.3, 0.4) is 0 Å². The van der Waals surface area contributed by atoms with Crippen LogP contribution in [0.4, 0.5) is 0 Å². The summed E-state index contributed by atoms with van der Waals surface area (Å²) in [6.45, 7) is 8.92. The van der Waals surface area contributed by atoms with E-state index in [-0.39, 0.29) is 0 Å². The molecule has 19 heavy (non-hydrogen) atoms. The lowest BCUT2D eigenvalue weighted by Crippen LogP contribution is -2.11. The Bertz CT molecular complexity index is 225. The van der Waals surface area contributed by atoms with Gasteiger partial charge in [-0.2, -0.15) is 0 Å². The number of unbranched alkanes of at least 4 members (excludes halogenated alkanes) is 4. The maximum Gasteiger partial charge on any atom is 0.303 e. The van der Waals surface area contributed by atoms with Gasteiger partial charge < -0.3 is 5.11 Å². The molecule has 3 unspecified atom stereocenters. The van der Waals surface area contributed by atoms with E-state index in [4.69, 9.17) is 5.11 Å². The number of hydrogen-bond acceptors (Lipinski definition) is 1. The molecule has 2 nitrogen and oxygen atoms in total. The molecule has 0 aliphatic heterocycles. The van der Waals surface area contributed by atoms with E-state index in [9.17, 15) is 4.79 Å². The topological polar surface area (TPSA) is 37.3 Å². The second-order valence-corrected chi connectivity index (χ2v) is 6.59. The van der Waals surface area contributed by atoms with E-state index >= 15 is 0 Å². The third-order valence-corrected chi connectivity index (χ3v) is 3.93. The molecule has 0 aromatic carbocycles. The van der Waals surface area contributed by atoms with Crippen molar-refractivity contribution < 1.29 is 9.90 Å². The van der Waals surface area contributed by atoms with Crippen LogP contribution in [-0.4, -0.2) is 11.1 Å². The Morgan fingerprint density at radius 2 is 1.47 bits per heavy atom. The fraction of sp³-hybridized carbons (Fsp3) is 0.941. The predicted molar refractivity (Wildman–Crippen MR) is 82.4 cm³/mol. The molecule has 0 heterocycles. The normalized spacial score (nSPS) is 16.0. The van der Waals surface area contributed by atoms with Crippen molar-refractivity contribution in [2.24, 2.45) is 17.8 Å². The van der Waals surface area contributed by atoms with Gasteiger partial charge in [0.15, 0.2) is 0 Å². The quantitative estimate of drug-likeness (QED) is 0.475. The highest BCUT2D eigenvalue weighted by Crippen LogP contribution is 2.24. The maximum atomic E-state index is 10.6. The SMILES string of the molecule is CCCCCCCC(C)CC(C)CC(C)CC(=O)O. The first-order valence-corrected chi connectivity index (χ1v) is 8.17. The van der Waals surface area contributed by atoms with Crippen LogP contribution in [0.5, 0.6) is 0 Å². The van der Waals surface area contributed by atoms with Gasteiger partial charge >= 0.3 is 5.97 Å². The van der Waals surface area contributed by atoms with Crippen molar-refractivity contribution in [3.8, 4) is 0 Å². The first kappa shape index (κ1) is 18.5. The highest BCUT2D eigenvalue weighted by atomic mass is 16.4. The fourth-order valence-corrected chi connectivity index (χ4v) is 3.07. The van der Waals surface area contributed by atoms with Crippen molar-refractivity contribution >= 4 is 5.97 Å². The molecule has 2 heteroatoms. The van der Waals surface area contributed by atoms with Crippen molar-refractivity contribution in [2.75, 3.05) is 0 Å². The first-order chi connectivity index (χ1) is 8.95. The summed E-state index contributed by atoms with van der Waals surface area (Å²) in [6, 6.07) is 0. The van der Waals surface area contributed by atoms with Gasteiger partial charge in [0.2, 0.25) is 0 Å². The van der Waals surface area contributed by atoms with Crippen LogP contribution in [0.25, 0.3) is 0 Å². The smallest absolute Gasteiger partial charge is 0.303 e. The number of carbonyl (C=O) groups is 1. The van der Waals surface area contributed by atoms with Crippen LogP contribution in [0.1, 0.15) is 85.5 Å². The number of carboxylic acids is 1. The van der Waals surface area contributed by atoms with Gasteiger partial charge in [-0.25, -0.2) is 0 Å². The number of hydrogen-bond donors (Lipinski definition) is 1. The van der Waals surface area contributed by atoms with Gasteiger partial charge in [0.1, 0.15) is 0 Å². The van der Waals surface area contributed by atoms with E-state index in [1.54, 1.807) is 0 Å². The van der Waals surface area contributed by atoms with Crippen LogP contribution >= 0.6 is 0 Å². The van der Waals surface area contributed by atoms with Gasteiger partial charge in [0.05, 0.1) is 0 Å². The summed E-state index contributed by atoms with van der Waals surface area (Å²) in [5.74, 6) is 1.08. The molecule has 0 aromatic heterocycles. The molecule has 0 saturated heterocycles. The second-order valence-electron chi connectivity index (χ2n) is 6.59. The Labute approximate surface area is 120 Å². The lowest BCUT2D eigenvalue weighted by molar-refractivity contribution is -0.138. The minimum Gasteiger partial charge on any atom is -0.481 e. The summed E-state index contributed by atoms with van der Waals surface area (Å²) in [7, 11) is 0. The van der Waals surface area contributed by atoms with E-state index < -0.39 is 5.97 Å². The maximum absolute atomic E-state index is 10.6. The molecular formula is C17H34O2. The van der Waals surface area contributed by atoms with Crippen molar-refractivity contribution in [1.82, 2.24) is 0 Å². The third-order valence-electron chi connectivity index (χ3n) is 3.93. The molecule has 0 rings (SSSR count). The minimum absolute atomic E-state index is 0.309. The molecule has 1 N–H and O–H groups in total. The van der Waals surface area contributed by atoms with Gasteiger partial charge in [-0.15, -0.1) is 0 Å². The van der Waals surface area contributed by atoms with Crippen LogP contribution in [0, 0.1) is 17.8 Å². The Kier molecular flexibility index (Phi) is 11.0. The van der Waals surface area contributed by atoms with E-state index in [0.29, 0.717) is 18.3 Å². The summed E-state index contributed by atoms with van der Waals surface area (Å²) in [5, 5.41) is 8.77. The number of aliphatic carboxylic acids is 1. The average molecular weight is 270 g/mol. The Morgan fingerprint density at radius 3 is 2.05 bits per heavy atom. The molecule has 0 saturated carbocycles. The molecule has 0 radical (unpaired) electrons. The predicted octanol–water partition coefficient (Wildman–Crippen LogP) is 5.51. The molecule has 0 spiro atoms. The zero-order chi connectivity index (χ0) is 14.7. The van der Waals surface area contributed by atoms with Gasteiger partial charge in [-0.3, -0.25) is 4.79 Å². The van der Waals surface area contributed by atoms with Crippen LogP contribution < -0.4 is 0 Å². The van der Waals surface area contributed by atoms with E-state index in [1.165, 1.54) is 44.9 Å². The largest absolute Gasteiger partial charge is 0.481 e. The summed E-state index contributed by atoms with van der Waals surface area (Å²) in [4.78, 5) is 10.6. The van der Waals surface area contributed by atoms with Crippen molar-refractivity contribution in [1.29, 1.82) is 0 Å². The van der Waals surface area contributed by atoms with Crippen LogP contribution in [-0.2, 0) is 4.79 Å². The minimum atomic E-state index is -0.663.